The maximum atomic E-state index is 13.0. The number of amides is 1. The number of nitrogens with zero attached hydrogens (tertiary/aromatic N) is 2. The van der Waals surface area contributed by atoms with Gasteiger partial charge >= 0.3 is 0 Å². The molecule has 0 aliphatic carbocycles. The third-order valence-corrected chi connectivity index (χ3v) is 4.76. The van der Waals surface area contributed by atoms with Crippen LogP contribution in [0.5, 0.6) is 11.6 Å². The Morgan fingerprint density at radius 2 is 2.25 bits per heavy atom. The summed E-state index contributed by atoms with van der Waals surface area (Å²) < 4.78 is 6.75. The Labute approximate surface area is 149 Å². The first-order chi connectivity index (χ1) is 11.6. The minimum atomic E-state index is -0.0588. The molecule has 1 aromatic carbocycles. The second kappa shape index (κ2) is 7.32. The minimum absolute atomic E-state index is 0.0588. The van der Waals surface area contributed by atoms with Crippen LogP contribution in [0.3, 0.4) is 0 Å². The Balaban J connectivity index is 1.85. The van der Waals surface area contributed by atoms with E-state index >= 15 is 0 Å². The average molecular weight is 390 g/mol. The van der Waals surface area contributed by atoms with Crippen molar-refractivity contribution in [3.63, 3.8) is 0 Å². The number of likely N-dealkylation sites (tertiary alicyclic amines) is 1. The zero-order chi connectivity index (χ0) is 17.1. The quantitative estimate of drug-likeness (QED) is 0.869. The van der Waals surface area contributed by atoms with Gasteiger partial charge in [0.1, 0.15) is 11.3 Å². The molecule has 1 fully saturated rings. The molecule has 2 aromatic rings. The lowest BCUT2D eigenvalue weighted by Crippen LogP contribution is -2.34. The molecule has 3 rings (SSSR count). The van der Waals surface area contributed by atoms with Gasteiger partial charge in [0, 0.05) is 23.3 Å². The van der Waals surface area contributed by atoms with E-state index in [4.69, 9.17) is 10.5 Å². The summed E-state index contributed by atoms with van der Waals surface area (Å²) in [6.07, 6.45) is 2.56. The number of aromatic nitrogens is 1. The maximum absolute atomic E-state index is 13.0. The fourth-order valence-corrected chi connectivity index (χ4v) is 3.41. The lowest BCUT2D eigenvalue weighted by molar-refractivity contribution is 0.0740. The van der Waals surface area contributed by atoms with Gasteiger partial charge < -0.3 is 15.4 Å². The molecule has 2 atom stereocenters. The van der Waals surface area contributed by atoms with E-state index in [-0.39, 0.29) is 11.9 Å². The molecule has 0 bridgehead atoms. The van der Waals surface area contributed by atoms with E-state index < -0.39 is 0 Å². The molecule has 1 amide bonds. The zero-order valence-corrected chi connectivity index (χ0v) is 15.1. The molecule has 2 heterocycles. The smallest absolute Gasteiger partial charge is 0.259 e. The molecule has 24 heavy (non-hydrogen) atoms. The van der Waals surface area contributed by atoms with Crippen LogP contribution in [-0.4, -0.2) is 34.9 Å². The van der Waals surface area contributed by atoms with Crippen LogP contribution in [-0.2, 0) is 0 Å². The van der Waals surface area contributed by atoms with Gasteiger partial charge in [-0.25, -0.2) is 4.98 Å². The van der Waals surface area contributed by atoms with Crippen molar-refractivity contribution in [2.75, 3.05) is 13.1 Å². The number of pyridine rings is 1. The van der Waals surface area contributed by atoms with Gasteiger partial charge in [-0.15, -0.1) is 0 Å². The third-order valence-electron chi connectivity index (χ3n) is 4.27. The summed E-state index contributed by atoms with van der Waals surface area (Å²) in [7, 11) is 0. The first-order valence-electron chi connectivity index (χ1n) is 7.98. The van der Waals surface area contributed by atoms with Gasteiger partial charge in [0.15, 0.2) is 0 Å². The van der Waals surface area contributed by atoms with Crippen LogP contribution in [0.25, 0.3) is 0 Å². The van der Waals surface area contributed by atoms with E-state index in [1.54, 1.807) is 18.3 Å². The SMILES string of the molecule is CC1CC(CN)CN1C(=O)c1cccnc1Oc1cccc(Br)c1. The largest absolute Gasteiger partial charge is 0.438 e. The summed E-state index contributed by atoms with van der Waals surface area (Å²) in [5, 5.41) is 0. The van der Waals surface area contributed by atoms with E-state index in [0.717, 1.165) is 10.9 Å². The normalized spacial score (nSPS) is 20.2. The number of nitrogens with two attached hydrogens (primary N) is 1. The molecular formula is C18H20BrN3O2. The molecule has 1 aliphatic heterocycles. The van der Waals surface area contributed by atoms with E-state index in [1.807, 2.05) is 29.2 Å². The van der Waals surface area contributed by atoms with Crippen molar-refractivity contribution in [1.82, 2.24) is 9.88 Å². The Kier molecular flexibility index (Phi) is 5.16. The standard InChI is InChI=1S/C18H20BrN3O2/c1-12-8-13(10-20)11-22(12)18(23)16-6-3-7-21-17(16)24-15-5-2-4-14(19)9-15/h2-7,9,12-13H,8,10-11,20H2,1H3. The average Bonchev–Trinajstić information content (AvgIpc) is 2.96. The number of halogens is 1. The summed E-state index contributed by atoms with van der Waals surface area (Å²) in [5.74, 6) is 1.25. The monoisotopic (exact) mass is 389 g/mol. The molecular weight excluding hydrogens is 370 g/mol. The number of rotatable bonds is 4. The number of benzene rings is 1. The van der Waals surface area contributed by atoms with Crippen molar-refractivity contribution >= 4 is 21.8 Å². The molecule has 2 unspecified atom stereocenters. The molecule has 1 saturated heterocycles. The van der Waals surface area contributed by atoms with Crippen molar-refractivity contribution in [3.05, 3.63) is 52.6 Å². The number of carbonyl (C=O) groups excluding carboxylic acids is 1. The summed E-state index contributed by atoms with van der Waals surface area (Å²) in [4.78, 5) is 19.1. The number of carbonyl (C=O) groups is 1. The van der Waals surface area contributed by atoms with Gasteiger partial charge in [0.25, 0.3) is 5.91 Å². The van der Waals surface area contributed by atoms with Crippen LogP contribution >= 0.6 is 15.9 Å². The summed E-state index contributed by atoms with van der Waals surface area (Å²) in [5.41, 5.74) is 6.24. The zero-order valence-electron chi connectivity index (χ0n) is 13.5. The van der Waals surface area contributed by atoms with Gasteiger partial charge in [0.05, 0.1) is 0 Å². The molecule has 6 heteroatoms. The number of ether oxygens (including phenoxy) is 1. The van der Waals surface area contributed by atoms with Gasteiger partial charge in [-0.05, 0) is 56.1 Å². The predicted octanol–water partition coefficient (Wildman–Crippen LogP) is 3.45. The van der Waals surface area contributed by atoms with Gasteiger partial charge in [-0.2, -0.15) is 0 Å². The fraction of sp³-hybridized carbons (Fsp3) is 0.333. The van der Waals surface area contributed by atoms with E-state index in [2.05, 4.69) is 27.8 Å². The van der Waals surface area contributed by atoms with Crippen LogP contribution in [0, 0.1) is 5.92 Å². The van der Waals surface area contributed by atoms with Crippen molar-refractivity contribution < 1.29 is 9.53 Å². The lowest BCUT2D eigenvalue weighted by atomic mass is 10.1. The summed E-state index contributed by atoms with van der Waals surface area (Å²) >= 11 is 3.41. The topological polar surface area (TPSA) is 68.5 Å². The molecule has 0 spiro atoms. The Morgan fingerprint density at radius 3 is 2.96 bits per heavy atom. The molecule has 126 valence electrons. The second-order valence-electron chi connectivity index (χ2n) is 6.06. The number of hydrogen-bond acceptors (Lipinski definition) is 4. The third kappa shape index (κ3) is 3.60. The van der Waals surface area contributed by atoms with Crippen LogP contribution in [0.1, 0.15) is 23.7 Å². The predicted molar refractivity (Wildman–Crippen MR) is 96.1 cm³/mol. The van der Waals surface area contributed by atoms with Gasteiger partial charge in [-0.1, -0.05) is 22.0 Å². The highest BCUT2D eigenvalue weighted by molar-refractivity contribution is 9.10. The molecule has 2 N–H and O–H groups in total. The van der Waals surface area contributed by atoms with Gasteiger partial charge in [-0.3, -0.25) is 4.79 Å². The highest BCUT2D eigenvalue weighted by Crippen LogP contribution is 2.29. The van der Waals surface area contributed by atoms with Crippen LogP contribution in [0.15, 0.2) is 47.1 Å². The van der Waals surface area contributed by atoms with Crippen molar-refractivity contribution in [3.8, 4) is 11.6 Å². The molecule has 1 aliphatic rings. The first-order valence-corrected chi connectivity index (χ1v) is 8.77. The Bertz CT molecular complexity index is 738. The lowest BCUT2D eigenvalue weighted by Gasteiger charge is -2.22. The van der Waals surface area contributed by atoms with Crippen molar-refractivity contribution in [2.24, 2.45) is 11.7 Å². The summed E-state index contributed by atoms with van der Waals surface area (Å²) in [6, 6.07) is 11.1. The van der Waals surface area contributed by atoms with Gasteiger partial charge in [0.2, 0.25) is 5.88 Å². The highest BCUT2D eigenvalue weighted by Gasteiger charge is 2.33. The van der Waals surface area contributed by atoms with Crippen molar-refractivity contribution in [2.45, 2.75) is 19.4 Å². The Hall–Kier alpha value is -1.92. The van der Waals surface area contributed by atoms with E-state index in [1.165, 1.54) is 0 Å². The number of hydrogen-bond donors (Lipinski definition) is 1. The summed E-state index contributed by atoms with van der Waals surface area (Å²) in [6.45, 7) is 3.34. The molecule has 0 radical (unpaired) electrons. The van der Waals surface area contributed by atoms with Crippen LogP contribution < -0.4 is 10.5 Å². The Morgan fingerprint density at radius 1 is 1.42 bits per heavy atom. The molecule has 0 saturated carbocycles. The van der Waals surface area contributed by atoms with Crippen molar-refractivity contribution in [1.29, 1.82) is 0 Å². The minimum Gasteiger partial charge on any atom is -0.438 e. The molecule has 1 aromatic heterocycles. The fourth-order valence-electron chi connectivity index (χ4n) is 3.03. The molecule has 5 nitrogen and oxygen atoms in total. The second-order valence-corrected chi connectivity index (χ2v) is 6.98. The highest BCUT2D eigenvalue weighted by atomic mass is 79.9. The van der Waals surface area contributed by atoms with Crippen LogP contribution in [0.4, 0.5) is 0 Å². The van der Waals surface area contributed by atoms with E-state index in [9.17, 15) is 4.79 Å². The van der Waals surface area contributed by atoms with Crippen LogP contribution in [0.2, 0.25) is 0 Å². The van der Waals surface area contributed by atoms with E-state index in [0.29, 0.717) is 36.2 Å². The first kappa shape index (κ1) is 16.9. The maximum Gasteiger partial charge on any atom is 0.259 e.